The van der Waals surface area contributed by atoms with Crippen molar-refractivity contribution in [1.29, 1.82) is 0 Å². The number of ether oxygens (including phenoxy) is 1. The summed E-state index contributed by atoms with van der Waals surface area (Å²) in [7, 11) is 0. The summed E-state index contributed by atoms with van der Waals surface area (Å²) in [6.07, 6.45) is 0. The molecule has 0 unspecified atom stereocenters. The maximum atomic E-state index is 13.2. The van der Waals surface area contributed by atoms with Gasteiger partial charge >= 0.3 is 5.97 Å². The number of carboxylic acids is 1. The Balaban J connectivity index is 1.85. The van der Waals surface area contributed by atoms with Crippen LogP contribution in [0.4, 0.5) is 0 Å². The highest BCUT2D eigenvalue weighted by Gasteiger charge is 2.20. The van der Waals surface area contributed by atoms with Gasteiger partial charge in [0.1, 0.15) is 6.61 Å². The number of carbonyl (C=O) groups is 1. The van der Waals surface area contributed by atoms with Crippen LogP contribution < -0.4 is 10.2 Å². The van der Waals surface area contributed by atoms with E-state index in [1.807, 2.05) is 18.2 Å². The Hall–Kier alpha value is -3.28. The fourth-order valence-corrected chi connectivity index (χ4v) is 3.60. The fourth-order valence-electron chi connectivity index (χ4n) is 3.07. The molecule has 3 aromatic carbocycles. The third-order valence-electron chi connectivity index (χ3n) is 4.46. The van der Waals surface area contributed by atoms with E-state index in [-0.39, 0.29) is 39.7 Å². The summed E-state index contributed by atoms with van der Waals surface area (Å²) < 4.78 is 11.8. The van der Waals surface area contributed by atoms with Crippen LogP contribution in [0.5, 0.6) is 5.75 Å². The molecule has 5 nitrogen and oxygen atoms in total. The second-order valence-electron chi connectivity index (χ2n) is 6.51. The molecular weight excluding hydrogens is 427 g/mol. The van der Waals surface area contributed by atoms with Crippen LogP contribution in [0.1, 0.15) is 15.9 Å². The van der Waals surface area contributed by atoms with Crippen LogP contribution in [0.3, 0.4) is 0 Å². The van der Waals surface area contributed by atoms with Gasteiger partial charge in [-0.25, -0.2) is 4.79 Å². The number of halogens is 2. The van der Waals surface area contributed by atoms with E-state index >= 15 is 0 Å². The van der Waals surface area contributed by atoms with Gasteiger partial charge in [0.05, 0.1) is 16.0 Å². The van der Waals surface area contributed by atoms with E-state index in [0.29, 0.717) is 16.1 Å². The normalized spacial score (nSPS) is 10.9. The average molecular weight is 441 g/mol. The van der Waals surface area contributed by atoms with Gasteiger partial charge in [-0.1, -0.05) is 65.7 Å². The van der Waals surface area contributed by atoms with Crippen LogP contribution in [-0.2, 0) is 6.61 Å². The van der Waals surface area contributed by atoms with Crippen molar-refractivity contribution in [1.82, 2.24) is 0 Å². The van der Waals surface area contributed by atoms with E-state index in [4.69, 9.17) is 32.4 Å². The largest absolute Gasteiger partial charge is 0.481 e. The summed E-state index contributed by atoms with van der Waals surface area (Å²) >= 11 is 12.3. The lowest BCUT2D eigenvalue weighted by Gasteiger charge is -2.13. The Morgan fingerprint density at radius 3 is 2.50 bits per heavy atom. The van der Waals surface area contributed by atoms with Gasteiger partial charge in [-0.2, -0.15) is 0 Å². The molecule has 0 aliphatic rings. The molecule has 1 aromatic heterocycles. The van der Waals surface area contributed by atoms with Gasteiger partial charge in [0.25, 0.3) is 0 Å². The van der Waals surface area contributed by atoms with Gasteiger partial charge in [0, 0.05) is 10.6 Å². The average Bonchev–Trinajstić information content (AvgIpc) is 2.74. The van der Waals surface area contributed by atoms with Crippen LogP contribution in [0.25, 0.3) is 22.3 Å². The van der Waals surface area contributed by atoms with Gasteiger partial charge in [-0.15, -0.1) is 0 Å². The summed E-state index contributed by atoms with van der Waals surface area (Å²) in [4.78, 5) is 24.4. The van der Waals surface area contributed by atoms with Crippen LogP contribution in [-0.4, -0.2) is 11.1 Å². The van der Waals surface area contributed by atoms with Crippen molar-refractivity contribution in [3.63, 3.8) is 0 Å². The summed E-state index contributed by atoms with van der Waals surface area (Å²) in [5, 5.41) is 9.88. The van der Waals surface area contributed by atoms with E-state index in [1.54, 1.807) is 24.3 Å². The molecule has 0 bridgehead atoms. The van der Waals surface area contributed by atoms with E-state index < -0.39 is 11.4 Å². The predicted octanol–water partition coefficient (Wildman–Crippen LogP) is 6.04. The molecule has 0 radical (unpaired) electrons. The molecule has 30 heavy (non-hydrogen) atoms. The predicted molar refractivity (Wildman–Crippen MR) is 116 cm³/mol. The standard InChI is InChI=1S/C23H14Cl2O5/c24-16-10-17-19(26)22(29-12-13-5-4-8-15(9-13)23(27)28)20(14-6-2-1-3-7-14)30-21(17)18(25)11-16/h1-11H,12H2,(H,27,28). The smallest absolute Gasteiger partial charge is 0.335 e. The Bertz CT molecular complexity index is 1310. The Morgan fingerprint density at radius 1 is 1.00 bits per heavy atom. The molecule has 0 saturated heterocycles. The number of fused-ring (bicyclic) bond motifs is 1. The van der Waals surface area contributed by atoms with Gasteiger partial charge in [0.15, 0.2) is 11.3 Å². The van der Waals surface area contributed by atoms with Crippen molar-refractivity contribution in [3.8, 4) is 17.1 Å². The van der Waals surface area contributed by atoms with E-state index in [2.05, 4.69) is 0 Å². The molecular formula is C23H14Cl2O5. The number of rotatable bonds is 5. The van der Waals surface area contributed by atoms with Crippen molar-refractivity contribution >= 4 is 40.1 Å². The third-order valence-corrected chi connectivity index (χ3v) is 4.96. The topological polar surface area (TPSA) is 76.7 Å². The second-order valence-corrected chi connectivity index (χ2v) is 7.36. The highest BCUT2D eigenvalue weighted by molar-refractivity contribution is 6.38. The number of benzene rings is 3. The van der Waals surface area contributed by atoms with Crippen LogP contribution in [0.15, 0.2) is 75.9 Å². The zero-order valence-electron chi connectivity index (χ0n) is 15.4. The maximum absolute atomic E-state index is 13.2. The lowest BCUT2D eigenvalue weighted by Crippen LogP contribution is -2.11. The summed E-state index contributed by atoms with van der Waals surface area (Å²) in [6.45, 7) is -0.0223. The zero-order chi connectivity index (χ0) is 21.3. The van der Waals surface area contributed by atoms with Gasteiger partial charge in [0.2, 0.25) is 11.2 Å². The molecule has 4 rings (SSSR count). The van der Waals surface area contributed by atoms with Gasteiger partial charge in [-0.05, 0) is 29.8 Å². The zero-order valence-corrected chi connectivity index (χ0v) is 16.9. The number of hydrogen-bond donors (Lipinski definition) is 1. The molecule has 0 aliphatic heterocycles. The third kappa shape index (κ3) is 3.90. The first-order chi connectivity index (χ1) is 14.4. The molecule has 150 valence electrons. The van der Waals surface area contributed by atoms with Crippen molar-refractivity contribution in [2.45, 2.75) is 6.61 Å². The first kappa shape index (κ1) is 20.0. The molecule has 0 atom stereocenters. The Kier molecular flexibility index (Phi) is 5.48. The molecule has 1 heterocycles. The van der Waals surface area contributed by atoms with E-state index in [0.717, 1.165) is 0 Å². The van der Waals surface area contributed by atoms with Crippen LogP contribution in [0, 0.1) is 0 Å². The second kappa shape index (κ2) is 8.22. The summed E-state index contributed by atoms with van der Waals surface area (Å²) in [6, 6.07) is 18.3. The van der Waals surface area contributed by atoms with E-state index in [9.17, 15) is 14.7 Å². The molecule has 0 aliphatic carbocycles. The molecule has 0 amide bonds. The monoisotopic (exact) mass is 440 g/mol. The molecule has 4 aromatic rings. The lowest BCUT2D eigenvalue weighted by molar-refractivity contribution is 0.0696. The first-order valence-electron chi connectivity index (χ1n) is 8.90. The molecule has 0 spiro atoms. The number of hydrogen-bond acceptors (Lipinski definition) is 4. The Labute approximate surface area is 181 Å². The molecule has 7 heteroatoms. The summed E-state index contributed by atoms with van der Waals surface area (Å²) in [5.41, 5.74) is 1.15. The Morgan fingerprint density at radius 2 is 1.77 bits per heavy atom. The maximum Gasteiger partial charge on any atom is 0.335 e. The van der Waals surface area contributed by atoms with Gasteiger partial charge < -0.3 is 14.3 Å². The minimum atomic E-state index is -1.05. The molecule has 0 fully saturated rings. The molecule has 1 N–H and O–H groups in total. The quantitative estimate of drug-likeness (QED) is 0.408. The first-order valence-corrected chi connectivity index (χ1v) is 9.66. The molecule has 0 saturated carbocycles. The lowest BCUT2D eigenvalue weighted by atomic mass is 10.1. The van der Waals surface area contributed by atoms with Gasteiger partial charge in [-0.3, -0.25) is 4.79 Å². The van der Waals surface area contributed by atoms with Crippen molar-refractivity contribution in [3.05, 3.63) is 98.1 Å². The minimum Gasteiger partial charge on any atom is -0.481 e. The van der Waals surface area contributed by atoms with Crippen molar-refractivity contribution in [2.75, 3.05) is 0 Å². The van der Waals surface area contributed by atoms with Crippen molar-refractivity contribution in [2.24, 2.45) is 0 Å². The fraction of sp³-hybridized carbons (Fsp3) is 0.0435. The minimum absolute atomic E-state index is 0.00670. The highest BCUT2D eigenvalue weighted by Crippen LogP contribution is 2.35. The number of carboxylic acid groups (broad SMARTS) is 1. The van der Waals surface area contributed by atoms with E-state index in [1.165, 1.54) is 24.3 Å². The highest BCUT2D eigenvalue weighted by atomic mass is 35.5. The van der Waals surface area contributed by atoms with Crippen molar-refractivity contribution < 1.29 is 19.1 Å². The van der Waals surface area contributed by atoms with Crippen LogP contribution in [0.2, 0.25) is 10.0 Å². The van der Waals surface area contributed by atoms with Crippen LogP contribution >= 0.6 is 23.2 Å². The number of aromatic carboxylic acids is 1. The summed E-state index contributed by atoms with van der Waals surface area (Å²) in [5.74, 6) is -0.823. The SMILES string of the molecule is O=C(O)c1cccc(COc2c(-c3ccccc3)oc3c(Cl)cc(Cl)cc3c2=O)c1.